The van der Waals surface area contributed by atoms with E-state index in [4.69, 9.17) is 14.2 Å². The zero-order chi connectivity index (χ0) is 23.7. The molecule has 0 saturated heterocycles. The number of fused-ring (bicyclic) bond motifs is 1. The number of ketones is 1. The third kappa shape index (κ3) is 3.99. The van der Waals surface area contributed by atoms with Gasteiger partial charge in [-0.1, -0.05) is 18.2 Å². The van der Waals surface area contributed by atoms with Gasteiger partial charge in [0.15, 0.2) is 29.2 Å². The van der Waals surface area contributed by atoms with E-state index in [1.54, 1.807) is 24.3 Å². The summed E-state index contributed by atoms with van der Waals surface area (Å²) in [4.78, 5) is 26.1. The third-order valence-electron chi connectivity index (χ3n) is 5.33. The molecule has 168 valence electrons. The van der Waals surface area contributed by atoms with Crippen molar-refractivity contribution in [2.75, 3.05) is 6.79 Å². The minimum absolute atomic E-state index is 0.0240. The summed E-state index contributed by atoms with van der Waals surface area (Å²) in [5.74, 6) is -1.07. The summed E-state index contributed by atoms with van der Waals surface area (Å²) in [6, 6.07) is 12.4. The van der Waals surface area contributed by atoms with E-state index in [2.05, 4.69) is 0 Å². The number of aromatic nitrogens is 1. The zero-order valence-electron chi connectivity index (χ0n) is 17.8. The molecule has 0 fully saturated rings. The van der Waals surface area contributed by atoms with Crippen molar-refractivity contribution >= 4 is 5.78 Å². The number of Topliss-reactive ketones (excluding diaryl/α,β-unsaturated/α-hetero) is 1. The first-order valence-electron chi connectivity index (χ1n) is 10.0. The highest BCUT2D eigenvalue weighted by atomic mass is 19.1. The average Bonchev–Trinajstić information content (AvgIpc) is 3.26. The number of pyridine rings is 1. The van der Waals surface area contributed by atoms with Crippen molar-refractivity contribution in [2.24, 2.45) is 0 Å². The van der Waals surface area contributed by atoms with Crippen LogP contribution in [0, 0.1) is 24.1 Å². The summed E-state index contributed by atoms with van der Waals surface area (Å²) < 4.78 is 30.9. The number of hydrogen-bond donors (Lipinski definition) is 1. The molecule has 4 rings (SSSR count). The molecule has 0 saturated carbocycles. The van der Waals surface area contributed by atoms with Crippen LogP contribution in [0.2, 0.25) is 0 Å². The lowest BCUT2D eigenvalue weighted by Crippen LogP contribution is -2.31. The van der Waals surface area contributed by atoms with Gasteiger partial charge in [0.2, 0.25) is 18.5 Å². The molecule has 0 bridgehead atoms. The SMILES string of the molecule is Cc1c(C(=O)C(C)Oc2ccccc2F)c(O)n(Cc2ccc3c(c2)OCO3)c(=O)c1C#N. The van der Waals surface area contributed by atoms with E-state index in [9.17, 15) is 24.3 Å². The molecule has 3 aromatic rings. The Hall–Kier alpha value is -4.32. The normalized spacial score (nSPS) is 12.8. The monoisotopic (exact) mass is 450 g/mol. The van der Waals surface area contributed by atoms with Crippen LogP contribution in [0.4, 0.5) is 4.39 Å². The van der Waals surface area contributed by atoms with Crippen molar-refractivity contribution in [2.45, 2.75) is 26.5 Å². The summed E-state index contributed by atoms with van der Waals surface area (Å²) >= 11 is 0. The second-order valence-corrected chi connectivity index (χ2v) is 7.44. The van der Waals surface area contributed by atoms with Gasteiger partial charge in [-0.15, -0.1) is 0 Å². The lowest BCUT2D eigenvalue weighted by molar-refractivity contribution is 0.0807. The van der Waals surface area contributed by atoms with Gasteiger partial charge in [0.05, 0.1) is 12.1 Å². The molecule has 0 aliphatic carbocycles. The number of carbonyl (C=O) groups excluding carboxylic acids is 1. The van der Waals surface area contributed by atoms with Gasteiger partial charge < -0.3 is 19.3 Å². The molecule has 33 heavy (non-hydrogen) atoms. The summed E-state index contributed by atoms with van der Waals surface area (Å²) in [6.07, 6.45) is -1.20. The van der Waals surface area contributed by atoms with Crippen LogP contribution in [0.1, 0.15) is 34.0 Å². The van der Waals surface area contributed by atoms with E-state index in [0.29, 0.717) is 17.1 Å². The number of rotatable bonds is 6. The first-order valence-corrected chi connectivity index (χ1v) is 10.0. The fraction of sp³-hybridized carbons (Fsp3) is 0.208. The highest BCUT2D eigenvalue weighted by molar-refractivity contribution is 6.03. The molecule has 1 aliphatic rings. The van der Waals surface area contributed by atoms with E-state index in [1.165, 1.54) is 32.0 Å². The van der Waals surface area contributed by atoms with Crippen LogP contribution < -0.4 is 19.8 Å². The summed E-state index contributed by atoms with van der Waals surface area (Å²) in [5.41, 5.74) is -0.663. The maximum atomic E-state index is 14.0. The fourth-order valence-electron chi connectivity index (χ4n) is 3.60. The van der Waals surface area contributed by atoms with Gasteiger partial charge in [0.25, 0.3) is 5.56 Å². The van der Waals surface area contributed by atoms with E-state index >= 15 is 0 Å². The highest BCUT2D eigenvalue weighted by Gasteiger charge is 2.29. The predicted molar refractivity (Wildman–Crippen MR) is 114 cm³/mol. The molecule has 2 aromatic carbocycles. The van der Waals surface area contributed by atoms with Crippen LogP contribution in [0.15, 0.2) is 47.3 Å². The van der Waals surface area contributed by atoms with Crippen LogP contribution in [0.5, 0.6) is 23.1 Å². The Morgan fingerprint density at radius 1 is 1.27 bits per heavy atom. The van der Waals surface area contributed by atoms with Gasteiger partial charge in [-0.25, -0.2) is 4.39 Å². The van der Waals surface area contributed by atoms with Crippen molar-refractivity contribution in [3.63, 3.8) is 0 Å². The molecule has 8 nitrogen and oxygen atoms in total. The number of aromatic hydroxyl groups is 1. The van der Waals surface area contributed by atoms with Crippen molar-refractivity contribution in [1.82, 2.24) is 4.57 Å². The quantitative estimate of drug-likeness (QED) is 0.574. The molecule has 1 atom stereocenters. The number of benzene rings is 2. The number of para-hydroxylation sites is 1. The molecule has 0 radical (unpaired) electrons. The maximum Gasteiger partial charge on any atom is 0.271 e. The Morgan fingerprint density at radius 2 is 2.00 bits per heavy atom. The number of ether oxygens (including phenoxy) is 3. The van der Waals surface area contributed by atoms with Crippen LogP contribution in [-0.4, -0.2) is 28.4 Å². The molecule has 1 N–H and O–H groups in total. The van der Waals surface area contributed by atoms with Crippen molar-refractivity contribution < 1.29 is 28.5 Å². The minimum Gasteiger partial charge on any atom is -0.494 e. The van der Waals surface area contributed by atoms with E-state index in [0.717, 1.165) is 4.57 Å². The zero-order valence-corrected chi connectivity index (χ0v) is 17.8. The number of carbonyl (C=O) groups is 1. The maximum absolute atomic E-state index is 14.0. The molecule has 1 aromatic heterocycles. The molecule has 0 amide bonds. The first-order chi connectivity index (χ1) is 15.8. The van der Waals surface area contributed by atoms with Crippen LogP contribution in [-0.2, 0) is 6.54 Å². The standard InChI is InChI=1S/C24H19FN2O6/c1-13-16(10-26)23(29)27(11-15-7-8-19-20(9-15)32-12-31-19)24(30)21(13)22(28)14(2)33-18-6-4-3-5-17(18)25/h3-9,14,30H,11-12H2,1-2H3. The lowest BCUT2D eigenvalue weighted by Gasteiger charge is -2.19. The van der Waals surface area contributed by atoms with Gasteiger partial charge in [-0.3, -0.25) is 14.2 Å². The third-order valence-corrected chi connectivity index (χ3v) is 5.33. The Kier molecular flexibility index (Phi) is 5.75. The molecule has 0 spiro atoms. The van der Waals surface area contributed by atoms with Crippen molar-refractivity contribution in [3.05, 3.63) is 80.9 Å². The molecular formula is C24H19FN2O6. The number of halogens is 1. The first kappa shape index (κ1) is 21.9. The van der Waals surface area contributed by atoms with Crippen molar-refractivity contribution in [3.8, 4) is 29.2 Å². The fourth-order valence-corrected chi connectivity index (χ4v) is 3.60. The second kappa shape index (κ2) is 8.67. The Balaban J connectivity index is 1.74. The molecule has 2 heterocycles. The highest BCUT2D eigenvalue weighted by Crippen LogP contribution is 2.33. The van der Waals surface area contributed by atoms with Gasteiger partial charge >= 0.3 is 0 Å². The van der Waals surface area contributed by atoms with Crippen molar-refractivity contribution in [1.29, 1.82) is 5.26 Å². The van der Waals surface area contributed by atoms with Gasteiger partial charge in [-0.2, -0.15) is 5.26 Å². The Labute approximate surface area is 188 Å². The summed E-state index contributed by atoms with van der Waals surface area (Å²) in [6.45, 7) is 2.74. The van der Waals surface area contributed by atoms with Crippen LogP contribution >= 0.6 is 0 Å². The number of nitriles is 1. The minimum atomic E-state index is -1.20. The number of nitrogens with zero attached hydrogens (tertiary/aromatic N) is 2. The summed E-state index contributed by atoms with van der Waals surface area (Å²) in [5, 5.41) is 20.5. The Bertz CT molecular complexity index is 1360. The van der Waals surface area contributed by atoms with E-state index in [1.807, 2.05) is 6.07 Å². The Morgan fingerprint density at radius 3 is 2.73 bits per heavy atom. The van der Waals surface area contributed by atoms with Gasteiger partial charge in [0.1, 0.15) is 11.6 Å². The average molecular weight is 450 g/mol. The lowest BCUT2D eigenvalue weighted by atomic mass is 9.99. The molecular weight excluding hydrogens is 431 g/mol. The molecule has 9 heteroatoms. The van der Waals surface area contributed by atoms with E-state index < -0.39 is 29.1 Å². The molecule has 1 aliphatic heterocycles. The topological polar surface area (TPSA) is 111 Å². The van der Waals surface area contributed by atoms with Crippen LogP contribution in [0.25, 0.3) is 0 Å². The predicted octanol–water partition coefficient (Wildman–Crippen LogP) is 3.30. The second-order valence-electron chi connectivity index (χ2n) is 7.44. The van der Waals surface area contributed by atoms with Gasteiger partial charge in [-0.05, 0) is 49.2 Å². The smallest absolute Gasteiger partial charge is 0.271 e. The molecule has 1 unspecified atom stereocenters. The largest absolute Gasteiger partial charge is 0.494 e. The van der Waals surface area contributed by atoms with E-state index in [-0.39, 0.29) is 35.8 Å². The summed E-state index contributed by atoms with van der Waals surface area (Å²) in [7, 11) is 0. The number of hydrogen-bond acceptors (Lipinski definition) is 7. The van der Waals surface area contributed by atoms with Crippen LogP contribution in [0.3, 0.4) is 0 Å². The van der Waals surface area contributed by atoms with Gasteiger partial charge in [0, 0.05) is 0 Å².